The molecule has 2 N–H and O–H groups in total. The van der Waals surface area contributed by atoms with Gasteiger partial charge in [-0.1, -0.05) is 35.2 Å². The number of amides is 2. The highest BCUT2D eigenvalue weighted by Gasteiger charge is 2.15. The average Bonchev–Trinajstić information content (AvgIpc) is 3.23. The van der Waals surface area contributed by atoms with Gasteiger partial charge in [0.2, 0.25) is 0 Å². The lowest BCUT2D eigenvalue weighted by Gasteiger charge is -2.09. The second-order valence-electron chi connectivity index (χ2n) is 6.30. The van der Waals surface area contributed by atoms with Crippen molar-refractivity contribution in [2.75, 3.05) is 19.5 Å². The number of rotatable bonds is 8. The van der Waals surface area contributed by atoms with Crippen LogP contribution in [0.15, 0.2) is 51.9 Å². The van der Waals surface area contributed by atoms with Gasteiger partial charge < -0.3 is 14.8 Å². The Bertz CT molecular complexity index is 1130. The van der Waals surface area contributed by atoms with Crippen LogP contribution in [-0.2, 0) is 15.3 Å². The molecule has 166 valence electrons. The Kier molecular flexibility index (Phi) is 8.17. The Morgan fingerprint density at radius 3 is 2.59 bits per heavy atom. The summed E-state index contributed by atoms with van der Waals surface area (Å²) < 4.78 is 11.4. The molecule has 0 unspecified atom stereocenters. The number of carbonyl (C=O) groups is 2. The van der Waals surface area contributed by atoms with Gasteiger partial charge in [-0.2, -0.15) is 5.10 Å². The van der Waals surface area contributed by atoms with Gasteiger partial charge in [-0.3, -0.25) is 9.59 Å². The maximum Gasteiger partial charge on any atom is 0.329 e. The van der Waals surface area contributed by atoms with Crippen molar-refractivity contribution >= 4 is 46.8 Å². The maximum atomic E-state index is 12.1. The minimum Gasteiger partial charge on any atom is -0.496 e. The van der Waals surface area contributed by atoms with E-state index < -0.39 is 11.8 Å². The summed E-state index contributed by atoms with van der Waals surface area (Å²) in [5.74, 6) is 0.0576. The van der Waals surface area contributed by atoms with Crippen LogP contribution in [0.4, 0.5) is 5.69 Å². The van der Waals surface area contributed by atoms with Crippen molar-refractivity contribution < 1.29 is 19.1 Å². The lowest BCUT2D eigenvalue weighted by atomic mass is 10.1. The molecule has 0 aliphatic rings. The maximum absolute atomic E-state index is 12.1. The standard InChI is InChI=1S/C21H21N5O4S2/c1-13-24-26-21(32-13)31-12-15-10-14(8-9-17(15)29-2)11-22-25-20(28)19(27)23-16-6-4-5-7-18(16)30-3/h4-11H,12H2,1-3H3,(H,23,27)(H,25,28)/b22-11+. The van der Waals surface area contributed by atoms with Crippen molar-refractivity contribution in [1.82, 2.24) is 15.6 Å². The molecule has 0 radical (unpaired) electrons. The molecule has 0 fully saturated rings. The van der Waals surface area contributed by atoms with Gasteiger partial charge in [0, 0.05) is 11.3 Å². The predicted molar refractivity (Wildman–Crippen MR) is 125 cm³/mol. The fourth-order valence-electron chi connectivity index (χ4n) is 2.61. The van der Waals surface area contributed by atoms with Gasteiger partial charge in [0.1, 0.15) is 16.5 Å². The lowest BCUT2D eigenvalue weighted by Crippen LogP contribution is -2.32. The first-order valence-corrected chi connectivity index (χ1v) is 11.2. The molecule has 0 aliphatic heterocycles. The second kappa shape index (κ2) is 11.3. The number of hydrazone groups is 1. The Morgan fingerprint density at radius 2 is 1.88 bits per heavy atom. The molecular formula is C21H21N5O4S2. The number of ether oxygens (including phenoxy) is 2. The molecule has 1 heterocycles. The van der Waals surface area contributed by atoms with E-state index in [2.05, 4.69) is 26.0 Å². The van der Waals surface area contributed by atoms with Gasteiger partial charge in [-0.05, 0) is 42.8 Å². The van der Waals surface area contributed by atoms with Crippen molar-refractivity contribution in [2.45, 2.75) is 17.0 Å². The molecular weight excluding hydrogens is 450 g/mol. The molecule has 3 aromatic rings. The molecule has 2 amide bonds. The van der Waals surface area contributed by atoms with E-state index in [1.54, 1.807) is 49.2 Å². The number of nitrogens with zero attached hydrogens (tertiary/aromatic N) is 3. The number of carbonyl (C=O) groups excluding carboxylic acids is 2. The van der Waals surface area contributed by atoms with Crippen LogP contribution < -0.4 is 20.2 Å². The minimum atomic E-state index is -0.900. The van der Waals surface area contributed by atoms with E-state index in [4.69, 9.17) is 9.47 Å². The first-order valence-electron chi connectivity index (χ1n) is 9.37. The molecule has 32 heavy (non-hydrogen) atoms. The Hall–Kier alpha value is -3.44. The Balaban J connectivity index is 1.60. The summed E-state index contributed by atoms with van der Waals surface area (Å²) in [5, 5.41) is 15.4. The second-order valence-corrected chi connectivity index (χ2v) is 8.70. The smallest absolute Gasteiger partial charge is 0.329 e. The first kappa shape index (κ1) is 23.2. The largest absolute Gasteiger partial charge is 0.496 e. The SMILES string of the molecule is COc1ccc(/C=N/NC(=O)C(=O)Nc2ccccc2OC)cc1CSc1nnc(C)s1. The van der Waals surface area contributed by atoms with E-state index in [1.165, 1.54) is 24.7 Å². The van der Waals surface area contributed by atoms with Crippen LogP contribution in [0, 0.1) is 6.92 Å². The van der Waals surface area contributed by atoms with E-state index in [1.807, 2.05) is 19.1 Å². The lowest BCUT2D eigenvalue weighted by molar-refractivity contribution is -0.136. The van der Waals surface area contributed by atoms with E-state index in [-0.39, 0.29) is 0 Å². The zero-order chi connectivity index (χ0) is 22.9. The Labute approximate surface area is 193 Å². The number of aromatic nitrogens is 2. The number of anilines is 1. The number of aryl methyl sites for hydroxylation is 1. The topological polar surface area (TPSA) is 115 Å². The van der Waals surface area contributed by atoms with Crippen molar-refractivity contribution in [3.63, 3.8) is 0 Å². The van der Waals surface area contributed by atoms with Gasteiger partial charge in [0.25, 0.3) is 0 Å². The van der Waals surface area contributed by atoms with Gasteiger partial charge in [0.05, 0.1) is 26.1 Å². The van der Waals surface area contributed by atoms with Crippen LogP contribution in [0.1, 0.15) is 16.1 Å². The third-order valence-corrected chi connectivity index (χ3v) is 6.13. The zero-order valence-electron chi connectivity index (χ0n) is 17.6. The van der Waals surface area contributed by atoms with E-state index >= 15 is 0 Å². The average molecular weight is 472 g/mol. The zero-order valence-corrected chi connectivity index (χ0v) is 19.3. The van der Waals surface area contributed by atoms with E-state index in [0.29, 0.717) is 17.2 Å². The number of para-hydroxylation sites is 2. The molecule has 1 aromatic heterocycles. The van der Waals surface area contributed by atoms with E-state index in [9.17, 15) is 9.59 Å². The summed E-state index contributed by atoms with van der Waals surface area (Å²) in [4.78, 5) is 24.2. The van der Waals surface area contributed by atoms with Crippen LogP contribution in [0.2, 0.25) is 0 Å². The number of thioether (sulfide) groups is 1. The number of methoxy groups -OCH3 is 2. The first-order chi connectivity index (χ1) is 15.5. The number of hydrogen-bond acceptors (Lipinski definition) is 9. The molecule has 2 aromatic carbocycles. The van der Waals surface area contributed by atoms with Crippen molar-refractivity contribution in [2.24, 2.45) is 5.10 Å². The van der Waals surface area contributed by atoms with Crippen LogP contribution >= 0.6 is 23.1 Å². The van der Waals surface area contributed by atoms with Crippen LogP contribution in [-0.4, -0.2) is 42.4 Å². The van der Waals surface area contributed by atoms with Crippen molar-refractivity contribution in [3.8, 4) is 11.5 Å². The quantitative estimate of drug-likeness (QED) is 0.224. The molecule has 0 spiro atoms. The molecule has 3 rings (SSSR count). The van der Waals surface area contributed by atoms with Crippen molar-refractivity contribution in [3.05, 3.63) is 58.6 Å². The molecule has 0 bridgehead atoms. The number of nitrogens with one attached hydrogen (secondary N) is 2. The summed E-state index contributed by atoms with van der Waals surface area (Å²) in [6.45, 7) is 1.91. The van der Waals surface area contributed by atoms with Crippen LogP contribution in [0.25, 0.3) is 0 Å². The third kappa shape index (κ3) is 6.28. The minimum absolute atomic E-state index is 0.391. The Morgan fingerprint density at radius 1 is 1.09 bits per heavy atom. The molecule has 0 atom stereocenters. The summed E-state index contributed by atoms with van der Waals surface area (Å²) in [6, 6.07) is 12.3. The third-order valence-electron chi connectivity index (χ3n) is 4.10. The number of hydrogen-bond donors (Lipinski definition) is 2. The number of benzene rings is 2. The molecule has 0 saturated carbocycles. The highest BCUT2D eigenvalue weighted by atomic mass is 32.2. The fraction of sp³-hybridized carbons (Fsp3) is 0.190. The molecule has 0 aliphatic carbocycles. The summed E-state index contributed by atoms with van der Waals surface area (Å²) in [6.07, 6.45) is 1.46. The molecule has 0 saturated heterocycles. The summed E-state index contributed by atoms with van der Waals surface area (Å²) in [7, 11) is 3.08. The van der Waals surface area contributed by atoms with Gasteiger partial charge in [-0.25, -0.2) is 5.43 Å². The highest BCUT2D eigenvalue weighted by Crippen LogP contribution is 2.30. The molecule has 11 heteroatoms. The van der Waals surface area contributed by atoms with Crippen LogP contribution in [0.3, 0.4) is 0 Å². The monoisotopic (exact) mass is 471 g/mol. The van der Waals surface area contributed by atoms with Gasteiger partial charge >= 0.3 is 11.8 Å². The molecule has 9 nitrogen and oxygen atoms in total. The summed E-state index contributed by atoms with van der Waals surface area (Å²) >= 11 is 3.08. The van der Waals surface area contributed by atoms with Crippen LogP contribution in [0.5, 0.6) is 11.5 Å². The highest BCUT2D eigenvalue weighted by molar-refractivity contribution is 8.00. The van der Waals surface area contributed by atoms with E-state index in [0.717, 1.165) is 26.2 Å². The van der Waals surface area contributed by atoms with Gasteiger partial charge in [-0.15, -0.1) is 10.2 Å². The van der Waals surface area contributed by atoms with Gasteiger partial charge in [0.15, 0.2) is 4.34 Å². The normalized spacial score (nSPS) is 10.7. The summed E-state index contributed by atoms with van der Waals surface area (Å²) in [5.41, 5.74) is 4.29. The van der Waals surface area contributed by atoms with Crippen molar-refractivity contribution in [1.29, 1.82) is 0 Å². The fourth-order valence-corrected chi connectivity index (χ4v) is 4.40. The predicted octanol–water partition coefficient (Wildman–Crippen LogP) is 3.24.